The zero-order valence-corrected chi connectivity index (χ0v) is 11.1. The molecule has 0 saturated carbocycles. The monoisotopic (exact) mass is 251 g/mol. The standard InChI is InChI=1S/C14H21NO3/c1-10(2)12-4-6-13(7-5-12)18-9-14(17)15-11(3)8-16/h4-7,10-11,16H,8-9H2,1-3H3,(H,15,17). The van der Waals surface area contributed by atoms with E-state index in [1.807, 2.05) is 24.3 Å². The third-order valence-corrected chi connectivity index (χ3v) is 2.60. The van der Waals surface area contributed by atoms with Gasteiger partial charge in [-0.05, 0) is 30.5 Å². The third-order valence-electron chi connectivity index (χ3n) is 2.60. The Bertz CT molecular complexity index is 373. The molecule has 100 valence electrons. The van der Waals surface area contributed by atoms with Crippen molar-refractivity contribution in [2.45, 2.75) is 32.7 Å². The van der Waals surface area contributed by atoms with E-state index in [1.54, 1.807) is 6.92 Å². The molecule has 0 heterocycles. The zero-order chi connectivity index (χ0) is 13.5. The van der Waals surface area contributed by atoms with Crippen LogP contribution in [-0.4, -0.2) is 30.3 Å². The predicted molar refractivity (Wildman–Crippen MR) is 70.7 cm³/mol. The number of hydrogen-bond acceptors (Lipinski definition) is 3. The van der Waals surface area contributed by atoms with Crippen LogP contribution in [0.25, 0.3) is 0 Å². The number of carbonyl (C=O) groups is 1. The van der Waals surface area contributed by atoms with Crippen molar-refractivity contribution in [1.29, 1.82) is 0 Å². The lowest BCUT2D eigenvalue weighted by atomic mass is 10.0. The molecule has 0 saturated heterocycles. The van der Waals surface area contributed by atoms with Gasteiger partial charge in [-0.3, -0.25) is 4.79 Å². The molecule has 1 rings (SSSR count). The Labute approximate surface area is 108 Å². The Balaban J connectivity index is 2.41. The van der Waals surface area contributed by atoms with Crippen molar-refractivity contribution in [3.8, 4) is 5.75 Å². The fraction of sp³-hybridized carbons (Fsp3) is 0.500. The molecule has 1 unspecified atom stereocenters. The van der Waals surface area contributed by atoms with E-state index in [9.17, 15) is 4.79 Å². The van der Waals surface area contributed by atoms with Gasteiger partial charge in [-0.1, -0.05) is 26.0 Å². The van der Waals surface area contributed by atoms with Crippen LogP contribution in [0.15, 0.2) is 24.3 Å². The summed E-state index contributed by atoms with van der Waals surface area (Å²) < 4.78 is 5.35. The van der Waals surface area contributed by atoms with E-state index < -0.39 is 0 Å². The quantitative estimate of drug-likeness (QED) is 0.809. The molecule has 0 fully saturated rings. The Morgan fingerprint density at radius 3 is 2.39 bits per heavy atom. The van der Waals surface area contributed by atoms with Crippen LogP contribution in [0.5, 0.6) is 5.75 Å². The van der Waals surface area contributed by atoms with Crippen LogP contribution in [-0.2, 0) is 4.79 Å². The maximum atomic E-state index is 11.4. The van der Waals surface area contributed by atoms with Gasteiger partial charge >= 0.3 is 0 Å². The molecular formula is C14H21NO3. The van der Waals surface area contributed by atoms with Crippen molar-refractivity contribution >= 4 is 5.91 Å². The van der Waals surface area contributed by atoms with Gasteiger partial charge in [0.2, 0.25) is 0 Å². The molecule has 1 atom stereocenters. The Morgan fingerprint density at radius 1 is 1.28 bits per heavy atom. The minimum absolute atomic E-state index is 0.0363. The van der Waals surface area contributed by atoms with Gasteiger partial charge in [-0.2, -0.15) is 0 Å². The first-order chi connectivity index (χ1) is 8.52. The van der Waals surface area contributed by atoms with Gasteiger partial charge in [-0.15, -0.1) is 0 Å². The molecule has 1 aromatic rings. The summed E-state index contributed by atoms with van der Waals surface area (Å²) in [6.45, 7) is 5.87. The Kier molecular flexibility index (Phi) is 5.65. The Morgan fingerprint density at radius 2 is 1.89 bits per heavy atom. The molecular weight excluding hydrogens is 230 g/mol. The summed E-state index contributed by atoms with van der Waals surface area (Å²) in [5.41, 5.74) is 1.24. The second kappa shape index (κ2) is 7.01. The first-order valence-corrected chi connectivity index (χ1v) is 6.16. The van der Waals surface area contributed by atoms with Crippen LogP contribution in [0.1, 0.15) is 32.3 Å². The average molecular weight is 251 g/mol. The minimum atomic E-state index is -0.246. The van der Waals surface area contributed by atoms with Crippen molar-refractivity contribution in [1.82, 2.24) is 5.32 Å². The van der Waals surface area contributed by atoms with E-state index in [1.165, 1.54) is 5.56 Å². The van der Waals surface area contributed by atoms with Crippen molar-refractivity contribution in [2.24, 2.45) is 0 Å². The van der Waals surface area contributed by atoms with Gasteiger partial charge in [-0.25, -0.2) is 0 Å². The highest BCUT2D eigenvalue weighted by Gasteiger charge is 2.07. The fourth-order valence-electron chi connectivity index (χ4n) is 1.46. The average Bonchev–Trinajstić information content (AvgIpc) is 2.36. The second-order valence-corrected chi connectivity index (χ2v) is 4.66. The fourth-order valence-corrected chi connectivity index (χ4v) is 1.46. The highest BCUT2D eigenvalue weighted by Crippen LogP contribution is 2.18. The lowest BCUT2D eigenvalue weighted by molar-refractivity contribution is -0.123. The molecule has 0 aliphatic heterocycles. The van der Waals surface area contributed by atoms with Crippen LogP contribution in [0.2, 0.25) is 0 Å². The van der Waals surface area contributed by atoms with E-state index in [0.29, 0.717) is 11.7 Å². The molecule has 0 aromatic heterocycles. The van der Waals surface area contributed by atoms with Crippen LogP contribution in [0.3, 0.4) is 0 Å². The van der Waals surface area contributed by atoms with Crippen molar-refractivity contribution in [3.05, 3.63) is 29.8 Å². The highest BCUT2D eigenvalue weighted by atomic mass is 16.5. The largest absolute Gasteiger partial charge is 0.484 e. The summed E-state index contributed by atoms with van der Waals surface area (Å²) in [4.78, 5) is 11.4. The van der Waals surface area contributed by atoms with E-state index >= 15 is 0 Å². The number of ether oxygens (including phenoxy) is 1. The molecule has 0 aliphatic carbocycles. The summed E-state index contributed by atoms with van der Waals surface area (Å²) in [5, 5.41) is 11.4. The van der Waals surface area contributed by atoms with E-state index in [-0.39, 0.29) is 25.2 Å². The van der Waals surface area contributed by atoms with Gasteiger partial charge in [0.05, 0.1) is 6.61 Å². The molecule has 4 heteroatoms. The summed E-state index contributed by atoms with van der Waals surface area (Å²) >= 11 is 0. The summed E-state index contributed by atoms with van der Waals surface area (Å²) in [6, 6.07) is 7.46. The lowest BCUT2D eigenvalue weighted by Gasteiger charge is -2.12. The molecule has 0 spiro atoms. The van der Waals surface area contributed by atoms with Gasteiger partial charge in [0.25, 0.3) is 5.91 Å². The number of aliphatic hydroxyl groups is 1. The smallest absolute Gasteiger partial charge is 0.258 e. The van der Waals surface area contributed by atoms with E-state index in [4.69, 9.17) is 9.84 Å². The summed E-state index contributed by atoms with van der Waals surface area (Å²) in [6.07, 6.45) is 0. The molecule has 2 N–H and O–H groups in total. The summed E-state index contributed by atoms with van der Waals surface area (Å²) in [5.74, 6) is 0.920. The molecule has 4 nitrogen and oxygen atoms in total. The topological polar surface area (TPSA) is 58.6 Å². The first kappa shape index (κ1) is 14.5. The van der Waals surface area contributed by atoms with Gasteiger partial charge in [0, 0.05) is 6.04 Å². The second-order valence-electron chi connectivity index (χ2n) is 4.66. The molecule has 0 radical (unpaired) electrons. The number of amides is 1. The van der Waals surface area contributed by atoms with Crippen molar-refractivity contribution in [2.75, 3.05) is 13.2 Å². The molecule has 0 aliphatic rings. The SMILES string of the molecule is CC(CO)NC(=O)COc1ccc(C(C)C)cc1. The number of nitrogens with one attached hydrogen (secondary N) is 1. The van der Waals surface area contributed by atoms with Gasteiger partial charge in [0.1, 0.15) is 5.75 Å². The predicted octanol–water partition coefficient (Wildman–Crippen LogP) is 1.69. The third kappa shape index (κ3) is 4.75. The molecule has 1 amide bonds. The number of rotatable bonds is 6. The molecule has 1 aromatic carbocycles. The number of hydrogen-bond donors (Lipinski definition) is 2. The number of carbonyl (C=O) groups excluding carboxylic acids is 1. The van der Waals surface area contributed by atoms with Crippen molar-refractivity contribution in [3.63, 3.8) is 0 Å². The van der Waals surface area contributed by atoms with Crippen LogP contribution >= 0.6 is 0 Å². The van der Waals surface area contributed by atoms with Crippen LogP contribution < -0.4 is 10.1 Å². The first-order valence-electron chi connectivity index (χ1n) is 6.16. The molecule has 0 bridgehead atoms. The number of benzene rings is 1. The normalized spacial score (nSPS) is 12.3. The maximum Gasteiger partial charge on any atom is 0.258 e. The summed E-state index contributed by atoms with van der Waals surface area (Å²) in [7, 11) is 0. The molecule has 18 heavy (non-hydrogen) atoms. The van der Waals surface area contributed by atoms with Crippen molar-refractivity contribution < 1.29 is 14.6 Å². The number of aliphatic hydroxyl groups excluding tert-OH is 1. The Hall–Kier alpha value is -1.55. The van der Waals surface area contributed by atoms with Crippen LogP contribution in [0, 0.1) is 0 Å². The van der Waals surface area contributed by atoms with E-state index in [0.717, 1.165) is 0 Å². The minimum Gasteiger partial charge on any atom is -0.484 e. The zero-order valence-electron chi connectivity index (χ0n) is 11.1. The maximum absolute atomic E-state index is 11.4. The van der Waals surface area contributed by atoms with Gasteiger partial charge in [0.15, 0.2) is 6.61 Å². The van der Waals surface area contributed by atoms with E-state index in [2.05, 4.69) is 19.2 Å². The highest BCUT2D eigenvalue weighted by molar-refractivity contribution is 5.77. The van der Waals surface area contributed by atoms with Crippen LogP contribution in [0.4, 0.5) is 0 Å². The van der Waals surface area contributed by atoms with Gasteiger partial charge < -0.3 is 15.2 Å². The lowest BCUT2D eigenvalue weighted by Crippen LogP contribution is -2.38.